The quantitative estimate of drug-likeness (QED) is 0.561. The zero-order valence-corrected chi connectivity index (χ0v) is 17.0. The van der Waals surface area contributed by atoms with Crippen LogP contribution in [0.2, 0.25) is 0 Å². The average molecular weight is 399 g/mol. The summed E-state index contributed by atoms with van der Waals surface area (Å²) in [5.74, 6) is -0.329. The van der Waals surface area contributed by atoms with Gasteiger partial charge >= 0.3 is 6.09 Å². The molecule has 4 heteroatoms. The van der Waals surface area contributed by atoms with Crippen molar-refractivity contribution in [3.63, 3.8) is 0 Å². The first-order chi connectivity index (χ1) is 14.6. The van der Waals surface area contributed by atoms with E-state index in [4.69, 9.17) is 4.74 Å². The van der Waals surface area contributed by atoms with E-state index in [1.807, 2.05) is 97.9 Å². The van der Waals surface area contributed by atoms with Crippen LogP contribution in [-0.2, 0) is 9.53 Å². The second kappa shape index (κ2) is 8.95. The number of rotatable bonds is 6. The van der Waals surface area contributed by atoms with Crippen molar-refractivity contribution in [2.24, 2.45) is 0 Å². The molecular weight excluding hydrogens is 374 g/mol. The minimum atomic E-state index is -0.554. The summed E-state index contributed by atoms with van der Waals surface area (Å²) in [5, 5.41) is 0. The second-order valence-electron chi connectivity index (χ2n) is 7.72. The summed E-state index contributed by atoms with van der Waals surface area (Å²) in [4.78, 5) is 27.2. The van der Waals surface area contributed by atoms with Crippen molar-refractivity contribution in [2.45, 2.75) is 31.2 Å². The van der Waals surface area contributed by atoms with E-state index in [0.29, 0.717) is 0 Å². The highest BCUT2D eigenvalue weighted by molar-refractivity contribution is 5.94. The number of hydrogen-bond acceptors (Lipinski definition) is 3. The van der Waals surface area contributed by atoms with Gasteiger partial charge in [0.1, 0.15) is 6.61 Å². The van der Waals surface area contributed by atoms with Gasteiger partial charge in [0.2, 0.25) is 5.91 Å². The van der Waals surface area contributed by atoms with Crippen LogP contribution < -0.4 is 0 Å². The first-order valence-electron chi connectivity index (χ1n) is 10.3. The van der Waals surface area contributed by atoms with Gasteiger partial charge in [0, 0.05) is 12.3 Å². The Labute approximate surface area is 177 Å². The Bertz CT molecular complexity index is 949. The van der Waals surface area contributed by atoms with Gasteiger partial charge in [-0.1, -0.05) is 97.9 Å². The smallest absolute Gasteiger partial charge is 0.417 e. The number of benzene rings is 3. The van der Waals surface area contributed by atoms with Gasteiger partial charge in [-0.05, 0) is 22.6 Å². The Morgan fingerprint density at radius 3 is 1.83 bits per heavy atom. The monoisotopic (exact) mass is 399 g/mol. The van der Waals surface area contributed by atoms with Gasteiger partial charge < -0.3 is 4.74 Å². The highest BCUT2D eigenvalue weighted by Gasteiger charge is 2.43. The molecule has 3 aromatic carbocycles. The van der Waals surface area contributed by atoms with Gasteiger partial charge in [-0.25, -0.2) is 9.69 Å². The van der Waals surface area contributed by atoms with Crippen LogP contribution in [0.5, 0.6) is 0 Å². The lowest BCUT2D eigenvalue weighted by Gasteiger charge is -2.29. The molecule has 4 rings (SSSR count). The molecule has 0 saturated carbocycles. The van der Waals surface area contributed by atoms with Gasteiger partial charge in [-0.15, -0.1) is 0 Å². The number of amides is 2. The number of carbonyl (C=O) groups excluding carboxylic acids is 2. The highest BCUT2D eigenvalue weighted by atomic mass is 16.6. The summed E-state index contributed by atoms with van der Waals surface area (Å²) < 4.78 is 5.38. The van der Waals surface area contributed by atoms with Crippen LogP contribution in [0, 0.1) is 0 Å². The number of hydrogen-bond donors (Lipinski definition) is 0. The lowest BCUT2D eigenvalue weighted by atomic mass is 9.84. The van der Waals surface area contributed by atoms with Gasteiger partial charge in [0.15, 0.2) is 0 Å². The average Bonchev–Trinajstić information content (AvgIpc) is 3.17. The first-order valence-corrected chi connectivity index (χ1v) is 10.3. The number of ether oxygens (including phenoxy) is 1. The molecule has 0 aromatic heterocycles. The zero-order chi connectivity index (χ0) is 20.9. The van der Waals surface area contributed by atoms with Gasteiger partial charge in [0.05, 0.1) is 6.04 Å². The van der Waals surface area contributed by atoms with Crippen LogP contribution in [-0.4, -0.2) is 29.5 Å². The molecular formula is C26H25NO3. The van der Waals surface area contributed by atoms with E-state index in [0.717, 1.165) is 16.7 Å². The lowest BCUT2D eigenvalue weighted by molar-refractivity contribution is -0.129. The normalized spacial score (nSPS) is 17.1. The first kappa shape index (κ1) is 19.9. The second-order valence-corrected chi connectivity index (χ2v) is 7.72. The summed E-state index contributed by atoms with van der Waals surface area (Å²) in [6.45, 7) is 2.20. The highest BCUT2D eigenvalue weighted by Crippen LogP contribution is 2.35. The molecule has 2 amide bonds. The van der Waals surface area contributed by atoms with Crippen LogP contribution in [0.3, 0.4) is 0 Å². The molecule has 2 atom stereocenters. The Morgan fingerprint density at radius 2 is 1.33 bits per heavy atom. The Morgan fingerprint density at radius 1 is 0.867 bits per heavy atom. The maximum atomic E-state index is 13.2. The van der Waals surface area contributed by atoms with Crippen LogP contribution in [0.1, 0.15) is 41.9 Å². The van der Waals surface area contributed by atoms with Crippen molar-refractivity contribution in [3.8, 4) is 0 Å². The Balaban J connectivity index is 1.64. The third kappa shape index (κ3) is 4.13. The molecule has 30 heavy (non-hydrogen) atoms. The fourth-order valence-electron chi connectivity index (χ4n) is 4.19. The molecule has 0 N–H and O–H groups in total. The predicted molar refractivity (Wildman–Crippen MR) is 116 cm³/mol. The third-order valence-electron chi connectivity index (χ3n) is 5.73. The summed E-state index contributed by atoms with van der Waals surface area (Å²) in [6.07, 6.45) is -0.298. The fourth-order valence-corrected chi connectivity index (χ4v) is 4.19. The molecule has 4 nitrogen and oxygen atoms in total. The maximum Gasteiger partial charge on any atom is 0.417 e. The van der Waals surface area contributed by atoms with Crippen molar-refractivity contribution < 1.29 is 14.3 Å². The molecule has 3 aromatic rings. The van der Waals surface area contributed by atoms with E-state index < -0.39 is 6.09 Å². The van der Waals surface area contributed by atoms with Crippen molar-refractivity contribution in [2.75, 3.05) is 6.61 Å². The summed E-state index contributed by atoms with van der Waals surface area (Å²) >= 11 is 0. The minimum Gasteiger partial charge on any atom is -0.447 e. The van der Waals surface area contributed by atoms with E-state index in [1.165, 1.54) is 4.90 Å². The third-order valence-corrected chi connectivity index (χ3v) is 5.73. The van der Waals surface area contributed by atoms with E-state index in [2.05, 4.69) is 0 Å². The Hall–Kier alpha value is -3.40. The molecule has 0 radical (unpaired) electrons. The molecule has 1 aliphatic rings. The molecule has 1 saturated heterocycles. The summed E-state index contributed by atoms with van der Waals surface area (Å²) in [6, 6.07) is 29.5. The van der Waals surface area contributed by atoms with E-state index in [-0.39, 0.29) is 36.8 Å². The molecule has 1 fully saturated rings. The fraction of sp³-hybridized carbons (Fsp3) is 0.231. The predicted octanol–water partition coefficient (Wildman–Crippen LogP) is 5.36. The van der Waals surface area contributed by atoms with E-state index in [9.17, 15) is 9.59 Å². The number of imide groups is 1. The number of nitrogens with zero attached hydrogens (tertiary/aromatic N) is 1. The van der Waals surface area contributed by atoms with Crippen LogP contribution in [0.25, 0.3) is 0 Å². The van der Waals surface area contributed by atoms with Gasteiger partial charge in [0.25, 0.3) is 0 Å². The van der Waals surface area contributed by atoms with Crippen LogP contribution in [0.4, 0.5) is 4.79 Å². The van der Waals surface area contributed by atoms with Crippen molar-refractivity contribution in [3.05, 3.63) is 108 Å². The molecule has 0 spiro atoms. The van der Waals surface area contributed by atoms with Gasteiger partial charge in [-0.2, -0.15) is 0 Å². The van der Waals surface area contributed by atoms with Crippen LogP contribution in [0.15, 0.2) is 91.0 Å². The molecule has 1 aliphatic heterocycles. The minimum absolute atomic E-state index is 0.0136. The SMILES string of the molecule is C[C@@H](CC(=O)N1C(=O)OC[C@H]1C(c1ccccc1)c1ccccc1)c1ccccc1. The van der Waals surface area contributed by atoms with Crippen molar-refractivity contribution in [1.82, 2.24) is 4.90 Å². The van der Waals surface area contributed by atoms with E-state index >= 15 is 0 Å². The van der Waals surface area contributed by atoms with E-state index in [1.54, 1.807) is 0 Å². The summed E-state index contributed by atoms with van der Waals surface area (Å²) in [7, 11) is 0. The molecule has 152 valence electrons. The molecule has 0 bridgehead atoms. The Kier molecular flexibility index (Phi) is 5.94. The topological polar surface area (TPSA) is 46.6 Å². The standard InChI is InChI=1S/C26H25NO3/c1-19(20-11-5-2-6-12-20)17-24(28)27-23(18-30-26(27)29)25(21-13-7-3-8-14-21)22-15-9-4-10-16-22/h2-16,19,23,25H,17-18H2,1H3/t19-,23-/m0/s1. The van der Waals surface area contributed by atoms with Gasteiger partial charge in [-0.3, -0.25) is 4.79 Å². The van der Waals surface area contributed by atoms with Crippen molar-refractivity contribution >= 4 is 12.0 Å². The largest absolute Gasteiger partial charge is 0.447 e. The molecule has 0 unspecified atom stereocenters. The molecule has 0 aliphatic carbocycles. The molecule has 1 heterocycles. The lowest BCUT2D eigenvalue weighted by Crippen LogP contribution is -2.43. The van der Waals surface area contributed by atoms with Crippen LogP contribution >= 0.6 is 0 Å². The summed E-state index contributed by atoms with van der Waals surface area (Å²) in [5.41, 5.74) is 3.19. The zero-order valence-electron chi connectivity index (χ0n) is 17.0. The maximum absolute atomic E-state index is 13.2. The number of carbonyl (C=O) groups is 2. The van der Waals surface area contributed by atoms with Crippen molar-refractivity contribution in [1.29, 1.82) is 0 Å². The number of cyclic esters (lactones) is 1.